The van der Waals surface area contributed by atoms with Gasteiger partial charge in [-0.05, 0) is 36.1 Å². The van der Waals surface area contributed by atoms with Gasteiger partial charge in [0.05, 0.1) is 7.11 Å². The molecule has 134 valence electrons. The Bertz CT molecular complexity index is 697. The molecule has 1 aromatic carbocycles. The quantitative estimate of drug-likeness (QED) is 0.768. The second-order valence-electron chi connectivity index (χ2n) is 6.19. The van der Waals surface area contributed by atoms with Gasteiger partial charge in [0.25, 0.3) is 0 Å². The first-order chi connectivity index (χ1) is 12.2. The molecule has 0 atom stereocenters. The average Bonchev–Trinajstić information content (AvgIpc) is 3.14. The van der Waals surface area contributed by atoms with E-state index in [1.807, 2.05) is 29.2 Å². The van der Waals surface area contributed by atoms with Gasteiger partial charge >= 0.3 is 0 Å². The van der Waals surface area contributed by atoms with E-state index in [9.17, 15) is 4.79 Å². The summed E-state index contributed by atoms with van der Waals surface area (Å²) in [7, 11) is 1.68. The van der Waals surface area contributed by atoms with E-state index in [1.54, 1.807) is 18.4 Å². The highest BCUT2D eigenvalue weighted by atomic mass is 35.5. The summed E-state index contributed by atoms with van der Waals surface area (Å²) >= 11 is 7.82. The van der Waals surface area contributed by atoms with Crippen molar-refractivity contribution in [1.82, 2.24) is 9.80 Å². The van der Waals surface area contributed by atoms with Crippen LogP contribution in [-0.4, -0.2) is 49.0 Å². The first-order valence-corrected chi connectivity index (χ1v) is 9.76. The van der Waals surface area contributed by atoms with Crippen LogP contribution in [0.15, 0.2) is 35.7 Å². The largest absolute Gasteiger partial charge is 0.496 e. The lowest BCUT2D eigenvalue weighted by Gasteiger charge is -2.35. The van der Waals surface area contributed by atoms with Gasteiger partial charge in [-0.3, -0.25) is 9.69 Å². The Kier molecular flexibility index (Phi) is 6.34. The molecule has 1 amide bonds. The second-order valence-corrected chi connectivity index (χ2v) is 7.66. The Balaban J connectivity index is 1.48. The number of thiophene rings is 1. The van der Waals surface area contributed by atoms with Gasteiger partial charge in [0.1, 0.15) is 5.75 Å². The summed E-state index contributed by atoms with van der Waals surface area (Å²) in [6.07, 6.45) is 1.44. The minimum atomic E-state index is 0.258. The molecule has 0 unspecified atom stereocenters. The van der Waals surface area contributed by atoms with Crippen LogP contribution < -0.4 is 4.74 Å². The Morgan fingerprint density at radius 2 is 2.04 bits per heavy atom. The van der Waals surface area contributed by atoms with E-state index in [0.29, 0.717) is 6.42 Å². The number of hydrogen-bond acceptors (Lipinski definition) is 4. The molecule has 1 fully saturated rings. The molecule has 1 aromatic heterocycles. The van der Waals surface area contributed by atoms with Gasteiger partial charge in [-0.2, -0.15) is 0 Å². The van der Waals surface area contributed by atoms with E-state index >= 15 is 0 Å². The molecule has 2 heterocycles. The van der Waals surface area contributed by atoms with E-state index < -0.39 is 0 Å². The number of halogens is 1. The van der Waals surface area contributed by atoms with Gasteiger partial charge in [0, 0.05) is 54.6 Å². The molecule has 1 aliphatic rings. The first kappa shape index (κ1) is 18.2. The number of carbonyl (C=O) groups is 1. The summed E-state index contributed by atoms with van der Waals surface area (Å²) < 4.78 is 5.42. The fourth-order valence-electron chi connectivity index (χ4n) is 3.11. The molecule has 1 saturated heterocycles. The highest BCUT2D eigenvalue weighted by Crippen LogP contribution is 2.24. The molecular weight excluding hydrogens is 356 g/mol. The minimum absolute atomic E-state index is 0.258. The third-order valence-corrected chi connectivity index (χ3v) is 5.70. The molecule has 0 spiro atoms. The summed E-state index contributed by atoms with van der Waals surface area (Å²) in [4.78, 5) is 18.0. The van der Waals surface area contributed by atoms with Crippen LogP contribution in [0.1, 0.15) is 16.9 Å². The number of methoxy groups -OCH3 is 1. The van der Waals surface area contributed by atoms with Gasteiger partial charge in [0.2, 0.25) is 5.91 Å². The maximum Gasteiger partial charge on any atom is 0.223 e. The van der Waals surface area contributed by atoms with E-state index in [1.165, 1.54) is 4.88 Å². The van der Waals surface area contributed by atoms with Crippen LogP contribution in [0.3, 0.4) is 0 Å². The third kappa shape index (κ3) is 4.97. The van der Waals surface area contributed by atoms with Gasteiger partial charge in [-0.1, -0.05) is 17.7 Å². The smallest absolute Gasteiger partial charge is 0.223 e. The van der Waals surface area contributed by atoms with Crippen LogP contribution in [0, 0.1) is 0 Å². The van der Waals surface area contributed by atoms with Crippen LogP contribution in [0.4, 0.5) is 0 Å². The van der Waals surface area contributed by atoms with Crippen molar-refractivity contribution in [1.29, 1.82) is 0 Å². The molecule has 4 nitrogen and oxygen atoms in total. The maximum atomic E-state index is 12.4. The van der Waals surface area contributed by atoms with E-state index in [2.05, 4.69) is 16.3 Å². The molecule has 3 rings (SSSR count). The molecule has 1 aliphatic heterocycles. The van der Waals surface area contributed by atoms with Crippen molar-refractivity contribution in [3.05, 3.63) is 51.2 Å². The summed E-state index contributed by atoms with van der Waals surface area (Å²) in [5, 5.41) is 2.78. The number of ether oxygens (including phenoxy) is 1. The third-order valence-electron chi connectivity index (χ3n) is 4.53. The van der Waals surface area contributed by atoms with Gasteiger partial charge in [-0.25, -0.2) is 0 Å². The number of rotatable bonds is 6. The maximum absolute atomic E-state index is 12.4. The number of piperazine rings is 1. The van der Waals surface area contributed by atoms with Crippen molar-refractivity contribution in [2.24, 2.45) is 0 Å². The second kappa shape index (κ2) is 8.70. The molecule has 0 aliphatic carbocycles. The number of benzene rings is 1. The van der Waals surface area contributed by atoms with E-state index in [0.717, 1.165) is 55.5 Å². The summed E-state index contributed by atoms with van der Waals surface area (Å²) in [5.41, 5.74) is 1.09. The highest BCUT2D eigenvalue weighted by Gasteiger charge is 2.21. The monoisotopic (exact) mass is 378 g/mol. The van der Waals surface area contributed by atoms with Crippen LogP contribution in [0.2, 0.25) is 5.02 Å². The lowest BCUT2D eigenvalue weighted by Crippen LogP contribution is -2.48. The predicted octanol–water partition coefficient (Wildman–Crippen LogP) is 3.69. The van der Waals surface area contributed by atoms with Crippen molar-refractivity contribution in [2.75, 3.05) is 33.3 Å². The Morgan fingerprint density at radius 3 is 2.72 bits per heavy atom. The molecule has 2 aromatic rings. The zero-order valence-electron chi connectivity index (χ0n) is 14.4. The fraction of sp³-hybridized carbons (Fsp3) is 0.421. The molecular formula is C19H23ClN2O2S. The zero-order valence-corrected chi connectivity index (χ0v) is 16.0. The summed E-state index contributed by atoms with van der Waals surface area (Å²) in [5.74, 6) is 1.12. The van der Waals surface area contributed by atoms with Crippen molar-refractivity contribution < 1.29 is 9.53 Å². The van der Waals surface area contributed by atoms with Crippen molar-refractivity contribution >= 4 is 28.8 Å². The Morgan fingerprint density at radius 1 is 1.24 bits per heavy atom. The molecule has 0 bridgehead atoms. The van der Waals surface area contributed by atoms with E-state index in [-0.39, 0.29) is 5.91 Å². The van der Waals surface area contributed by atoms with Crippen LogP contribution in [0.5, 0.6) is 5.75 Å². The summed E-state index contributed by atoms with van der Waals surface area (Å²) in [6, 6.07) is 9.83. The topological polar surface area (TPSA) is 32.8 Å². The minimum Gasteiger partial charge on any atom is -0.496 e. The number of hydrogen-bond donors (Lipinski definition) is 0. The van der Waals surface area contributed by atoms with Gasteiger partial charge in [0.15, 0.2) is 0 Å². The zero-order chi connectivity index (χ0) is 17.6. The normalized spacial score (nSPS) is 15.4. The standard InChI is InChI=1S/C19H23ClN2O2S/c1-24-18-6-4-16(20)13-15(18)14-21-8-10-22(11-9-21)19(23)7-5-17-3-2-12-25-17/h2-4,6,12-13H,5,7-11,14H2,1H3. The molecule has 25 heavy (non-hydrogen) atoms. The first-order valence-electron chi connectivity index (χ1n) is 8.50. The van der Waals surface area contributed by atoms with Crippen LogP contribution in [-0.2, 0) is 17.8 Å². The average molecular weight is 379 g/mol. The lowest BCUT2D eigenvalue weighted by molar-refractivity contribution is -0.132. The highest BCUT2D eigenvalue weighted by molar-refractivity contribution is 7.09. The molecule has 0 N–H and O–H groups in total. The van der Waals surface area contributed by atoms with Crippen LogP contribution in [0.25, 0.3) is 0 Å². The number of aryl methyl sites for hydroxylation is 1. The molecule has 6 heteroatoms. The van der Waals surface area contributed by atoms with E-state index in [4.69, 9.17) is 16.3 Å². The predicted molar refractivity (Wildman–Crippen MR) is 103 cm³/mol. The fourth-order valence-corrected chi connectivity index (χ4v) is 4.01. The summed E-state index contributed by atoms with van der Waals surface area (Å²) in [6.45, 7) is 4.11. The Labute approximate surface area is 158 Å². The molecule has 0 saturated carbocycles. The number of carbonyl (C=O) groups excluding carboxylic acids is 1. The van der Waals surface area contributed by atoms with Gasteiger partial charge < -0.3 is 9.64 Å². The number of nitrogens with zero attached hydrogens (tertiary/aromatic N) is 2. The van der Waals surface area contributed by atoms with Crippen molar-refractivity contribution in [3.8, 4) is 5.75 Å². The van der Waals surface area contributed by atoms with Crippen molar-refractivity contribution in [2.45, 2.75) is 19.4 Å². The lowest BCUT2D eigenvalue weighted by atomic mass is 10.1. The van der Waals surface area contributed by atoms with Gasteiger partial charge in [-0.15, -0.1) is 11.3 Å². The molecule has 0 radical (unpaired) electrons. The Hall–Kier alpha value is -1.56. The van der Waals surface area contributed by atoms with Crippen molar-refractivity contribution in [3.63, 3.8) is 0 Å². The number of amides is 1. The van der Waals surface area contributed by atoms with Crippen LogP contribution >= 0.6 is 22.9 Å². The SMILES string of the molecule is COc1ccc(Cl)cc1CN1CCN(C(=O)CCc2cccs2)CC1.